The highest BCUT2D eigenvalue weighted by atomic mass is 16.3. The summed E-state index contributed by atoms with van der Waals surface area (Å²) >= 11 is 0. The van der Waals surface area contributed by atoms with Gasteiger partial charge in [-0.25, -0.2) is 4.98 Å². The molecule has 0 unspecified atom stereocenters. The number of rotatable bonds is 1. The molecule has 13 heavy (non-hydrogen) atoms. The van der Waals surface area contributed by atoms with E-state index in [1.165, 1.54) is 12.3 Å². The third-order valence-corrected chi connectivity index (χ3v) is 1.64. The van der Waals surface area contributed by atoms with Crippen LogP contribution in [-0.2, 0) is 0 Å². The highest BCUT2D eigenvalue weighted by molar-refractivity contribution is 5.45. The van der Waals surface area contributed by atoms with E-state index < -0.39 is 0 Å². The first-order valence-electron chi connectivity index (χ1n) is 3.88. The van der Waals surface area contributed by atoms with Crippen LogP contribution in [0.5, 0.6) is 0 Å². The zero-order valence-corrected chi connectivity index (χ0v) is 7.07. The number of aryl methyl sites for hydroxylation is 1. The van der Waals surface area contributed by atoms with E-state index in [-0.39, 0.29) is 5.56 Å². The molecule has 1 N–H and O–H groups in total. The average molecular weight is 176 g/mol. The number of aromatic nitrogens is 2. The van der Waals surface area contributed by atoms with Crippen molar-refractivity contribution in [1.82, 2.24) is 9.97 Å². The van der Waals surface area contributed by atoms with Gasteiger partial charge in [0.05, 0.1) is 0 Å². The fraction of sp³-hybridized carbons (Fsp3) is 0.111. The van der Waals surface area contributed by atoms with Gasteiger partial charge in [0.15, 0.2) is 11.6 Å². The number of nitrogens with one attached hydrogen (secondary N) is 1. The second kappa shape index (κ2) is 2.90. The summed E-state index contributed by atoms with van der Waals surface area (Å²) < 4.78 is 5.29. The van der Waals surface area contributed by atoms with Gasteiger partial charge < -0.3 is 9.40 Å². The van der Waals surface area contributed by atoms with Crippen LogP contribution in [0.1, 0.15) is 5.76 Å². The molecule has 0 saturated carbocycles. The Bertz CT molecular complexity index is 470. The first kappa shape index (κ1) is 7.79. The second-order valence-electron chi connectivity index (χ2n) is 2.69. The molecule has 4 nitrogen and oxygen atoms in total. The molecule has 0 aliphatic carbocycles. The van der Waals surface area contributed by atoms with Crippen molar-refractivity contribution in [3.63, 3.8) is 0 Å². The van der Waals surface area contributed by atoms with Gasteiger partial charge in [0.2, 0.25) is 0 Å². The molecule has 2 rings (SSSR count). The molecule has 0 radical (unpaired) electrons. The van der Waals surface area contributed by atoms with Gasteiger partial charge in [0.1, 0.15) is 5.76 Å². The van der Waals surface area contributed by atoms with Crippen molar-refractivity contribution < 1.29 is 4.42 Å². The van der Waals surface area contributed by atoms with E-state index in [1.807, 2.05) is 13.0 Å². The van der Waals surface area contributed by atoms with E-state index in [0.717, 1.165) is 5.76 Å². The molecule has 0 amide bonds. The highest BCUT2D eigenvalue weighted by Gasteiger charge is 2.03. The summed E-state index contributed by atoms with van der Waals surface area (Å²) in [7, 11) is 0. The molecule has 0 fully saturated rings. The van der Waals surface area contributed by atoms with E-state index in [9.17, 15) is 4.79 Å². The van der Waals surface area contributed by atoms with Crippen molar-refractivity contribution in [3.05, 3.63) is 40.5 Å². The molecule has 0 aliphatic rings. The van der Waals surface area contributed by atoms with Gasteiger partial charge in [-0.2, -0.15) is 0 Å². The fourth-order valence-corrected chi connectivity index (χ4v) is 1.06. The van der Waals surface area contributed by atoms with E-state index in [1.54, 1.807) is 6.07 Å². The summed E-state index contributed by atoms with van der Waals surface area (Å²) in [6.45, 7) is 1.84. The SMILES string of the molecule is Cc1ccc(-c2nccc(=O)[nH]2)o1. The summed E-state index contributed by atoms with van der Waals surface area (Å²) in [5.41, 5.74) is -0.181. The molecule has 66 valence electrons. The lowest BCUT2D eigenvalue weighted by Gasteiger charge is -1.93. The molecule has 0 atom stereocenters. The maximum absolute atomic E-state index is 10.9. The molecule has 0 saturated heterocycles. The van der Waals surface area contributed by atoms with Crippen molar-refractivity contribution in [2.45, 2.75) is 6.92 Å². The Morgan fingerprint density at radius 1 is 1.38 bits per heavy atom. The van der Waals surface area contributed by atoms with Crippen LogP contribution < -0.4 is 5.56 Å². The molecule has 0 bridgehead atoms. The third kappa shape index (κ3) is 1.51. The van der Waals surface area contributed by atoms with Crippen LogP contribution >= 0.6 is 0 Å². The number of aromatic amines is 1. The average Bonchev–Trinajstić information content (AvgIpc) is 2.52. The number of nitrogens with zero attached hydrogens (tertiary/aromatic N) is 1. The molecule has 0 aromatic carbocycles. The largest absolute Gasteiger partial charge is 0.458 e. The van der Waals surface area contributed by atoms with E-state index in [4.69, 9.17) is 4.42 Å². The van der Waals surface area contributed by atoms with Gasteiger partial charge in [-0.1, -0.05) is 0 Å². The molecular formula is C9H8N2O2. The van der Waals surface area contributed by atoms with Crippen molar-refractivity contribution in [2.24, 2.45) is 0 Å². The maximum Gasteiger partial charge on any atom is 0.251 e. The lowest BCUT2D eigenvalue weighted by molar-refractivity contribution is 0.544. The monoisotopic (exact) mass is 176 g/mol. The van der Waals surface area contributed by atoms with Crippen molar-refractivity contribution in [1.29, 1.82) is 0 Å². The van der Waals surface area contributed by atoms with Crippen LogP contribution in [0, 0.1) is 6.92 Å². The Hall–Kier alpha value is -1.84. The van der Waals surface area contributed by atoms with Gasteiger partial charge in [-0.05, 0) is 19.1 Å². The predicted octanol–water partition coefficient (Wildman–Crippen LogP) is 1.34. The Labute approximate surface area is 74.2 Å². The standard InChI is InChI=1S/C9H8N2O2/c1-6-2-3-7(13-6)9-10-5-4-8(12)11-9/h2-5H,1H3,(H,10,11,12). The van der Waals surface area contributed by atoms with Gasteiger partial charge in [-0.3, -0.25) is 4.79 Å². The van der Waals surface area contributed by atoms with Crippen LogP contribution in [0.15, 0.2) is 33.6 Å². The summed E-state index contributed by atoms with van der Waals surface area (Å²) in [6, 6.07) is 4.95. The number of hydrogen-bond acceptors (Lipinski definition) is 3. The summed E-state index contributed by atoms with van der Waals surface area (Å²) in [6.07, 6.45) is 1.45. The van der Waals surface area contributed by atoms with Crippen LogP contribution in [0.25, 0.3) is 11.6 Å². The first-order chi connectivity index (χ1) is 6.25. The quantitative estimate of drug-likeness (QED) is 0.713. The minimum absolute atomic E-state index is 0.181. The molecule has 2 aromatic rings. The smallest absolute Gasteiger partial charge is 0.251 e. The molecular weight excluding hydrogens is 168 g/mol. The van der Waals surface area contributed by atoms with Crippen LogP contribution in [0.4, 0.5) is 0 Å². The van der Waals surface area contributed by atoms with Crippen LogP contribution in [0.3, 0.4) is 0 Å². The Kier molecular flexibility index (Phi) is 1.73. The lowest BCUT2D eigenvalue weighted by atomic mass is 10.4. The first-order valence-corrected chi connectivity index (χ1v) is 3.88. The Morgan fingerprint density at radius 2 is 2.23 bits per heavy atom. The Balaban J connectivity index is 2.52. The molecule has 0 aliphatic heterocycles. The van der Waals surface area contributed by atoms with Crippen molar-refractivity contribution in [3.8, 4) is 11.6 Å². The van der Waals surface area contributed by atoms with Gasteiger partial charge in [0, 0.05) is 12.3 Å². The number of H-pyrrole nitrogens is 1. The lowest BCUT2D eigenvalue weighted by Crippen LogP contribution is -2.05. The minimum atomic E-state index is -0.181. The van der Waals surface area contributed by atoms with Crippen molar-refractivity contribution in [2.75, 3.05) is 0 Å². The highest BCUT2D eigenvalue weighted by Crippen LogP contribution is 2.15. The van der Waals surface area contributed by atoms with E-state index in [0.29, 0.717) is 11.6 Å². The van der Waals surface area contributed by atoms with Crippen molar-refractivity contribution >= 4 is 0 Å². The second-order valence-corrected chi connectivity index (χ2v) is 2.69. The van der Waals surface area contributed by atoms with Crippen LogP contribution in [0.2, 0.25) is 0 Å². The molecule has 2 aromatic heterocycles. The zero-order valence-electron chi connectivity index (χ0n) is 7.07. The van der Waals surface area contributed by atoms with Crippen LogP contribution in [-0.4, -0.2) is 9.97 Å². The predicted molar refractivity (Wildman–Crippen MR) is 47.3 cm³/mol. The minimum Gasteiger partial charge on any atom is -0.458 e. The maximum atomic E-state index is 10.9. The molecule has 2 heterocycles. The normalized spacial score (nSPS) is 10.2. The zero-order chi connectivity index (χ0) is 9.26. The van der Waals surface area contributed by atoms with Gasteiger partial charge in [0.25, 0.3) is 5.56 Å². The van der Waals surface area contributed by atoms with E-state index in [2.05, 4.69) is 9.97 Å². The topological polar surface area (TPSA) is 58.9 Å². The van der Waals surface area contributed by atoms with Gasteiger partial charge in [-0.15, -0.1) is 0 Å². The third-order valence-electron chi connectivity index (χ3n) is 1.64. The van der Waals surface area contributed by atoms with Gasteiger partial charge >= 0.3 is 0 Å². The summed E-state index contributed by atoms with van der Waals surface area (Å²) in [4.78, 5) is 17.5. The van der Waals surface area contributed by atoms with E-state index >= 15 is 0 Å². The number of hydrogen-bond donors (Lipinski definition) is 1. The molecule has 0 spiro atoms. The summed E-state index contributed by atoms with van der Waals surface area (Å²) in [5.74, 6) is 1.83. The Morgan fingerprint density at radius 3 is 2.85 bits per heavy atom. The summed E-state index contributed by atoms with van der Waals surface area (Å²) in [5, 5.41) is 0. The molecule has 4 heteroatoms. The fourth-order valence-electron chi connectivity index (χ4n) is 1.06. The number of furan rings is 1.